The number of Topliss-reactive ketones (excluding diaryl/α,β-unsaturated/α-hetero) is 4. The Hall–Kier alpha value is -5.90. The highest BCUT2D eigenvalue weighted by Gasteiger charge is 2.44. The maximum absolute atomic E-state index is 14.7. The number of hydrogen-bond donors (Lipinski definition) is 4. The molecule has 242 valence electrons. The lowest BCUT2D eigenvalue weighted by atomic mass is 9.71. The number of benzene rings is 3. The van der Waals surface area contributed by atoms with Crippen molar-refractivity contribution in [2.24, 2.45) is 4.99 Å². The van der Waals surface area contributed by atoms with Gasteiger partial charge >= 0.3 is 0 Å². The first-order valence-corrected chi connectivity index (χ1v) is 15.4. The Bertz CT molecular complexity index is 2270. The molecule has 0 bridgehead atoms. The van der Waals surface area contributed by atoms with Crippen LogP contribution >= 0.6 is 0 Å². The van der Waals surface area contributed by atoms with Crippen molar-refractivity contribution in [1.29, 1.82) is 0 Å². The molecular formula is C38H32N2O8. The Morgan fingerprint density at radius 3 is 1.94 bits per heavy atom. The molecule has 0 fully saturated rings. The summed E-state index contributed by atoms with van der Waals surface area (Å²) in [5.41, 5.74) is -0.631. The molecule has 6 rings (SSSR count). The zero-order chi connectivity index (χ0) is 34.9. The first-order valence-electron chi connectivity index (χ1n) is 15.4. The van der Waals surface area contributed by atoms with Crippen LogP contribution in [-0.2, 0) is 0 Å². The second-order valence-electron chi connectivity index (χ2n) is 12.6. The van der Waals surface area contributed by atoms with Crippen LogP contribution in [0.2, 0.25) is 0 Å². The van der Waals surface area contributed by atoms with Gasteiger partial charge in [0.1, 0.15) is 0 Å². The summed E-state index contributed by atoms with van der Waals surface area (Å²) in [6.45, 7) is 9.51. The third-order valence-corrected chi connectivity index (χ3v) is 9.01. The van der Waals surface area contributed by atoms with E-state index in [1.807, 2.05) is 0 Å². The quantitative estimate of drug-likeness (QED) is 0.130. The van der Waals surface area contributed by atoms with Gasteiger partial charge < -0.3 is 20.4 Å². The lowest BCUT2D eigenvalue weighted by Gasteiger charge is -2.29. The minimum Gasteiger partial charge on any atom is -0.504 e. The number of rotatable bonds is 5. The molecule has 3 aromatic carbocycles. The van der Waals surface area contributed by atoms with Gasteiger partial charge in [0.15, 0.2) is 46.1 Å². The SMILES string of the molecule is CC1=C(C2=C(C)C(=O)c3c(c(/C=N/c4cccc5ncccc45)c(O)c(O)c3C(C)C)C2=O)C(=O)c2cc(O)c(O)c(C(C)C)c2C1=O. The molecular weight excluding hydrogens is 612 g/mol. The van der Waals surface area contributed by atoms with Crippen molar-refractivity contribution in [3.05, 3.63) is 104 Å². The van der Waals surface area contributed by atoms with Crippen LogP contribution in [0.3, 0.4) is 0 Å². The second-order valence-corrected chi connectivity index (χ2v) is 12.6. The van der Waals surface area contributed by atoms with Crippen LogP contribution in [0.4, 0.5) is 5.69 Å². The number of pyridine rings is 1. The lowest BCUT2D eigenvalue weighted by Crippen LogP contribution is -2.31. The van der Waals surface area contributed by atoms with Gasteiger partial charge in [0.25, 0.3) is 0 Å². The fraction of sp³-hybridized carbons (Fsp3) is 0.211. The van der Waals surface area contributed by atoms with E-state index in [1.165, 1.54) is 20.1 Å². The van der Waals surface area contributed by atoms with E-state index in [-0.39, 0.29) is 61.2 Å². The number of nitrogens with zero attached hydrogens (tertiary/aromatic N) is 2. The summed E-state index contributed by atoms with van der Waals surface area (Å²) in [4.78, 5) is 65.9. The van der Waals surface area contributed by atoms with Gasteiger partial charge in [-0.2, -0.15) is 0 Å². The van der Waals surface area contributed by atoms with Gasteiger partial charge in [0, 0.05) is 73.5 Å². The number of hydrogen-bond acceptors (Lipinski definition) is 10. The van der Waals surface area contributed by atoms with Crippen molar-refractivity contribution >= 4 is 45.9 Å². The third-order valence-electron chi connectivity index (χ3n) is 9.01. The molecule has 0 unspecified atom stereocenters. The number of allylic oxidation sites excluding steroid dienone is 4. The maximum atomic E-state index is 14.7. The number of ketones is 4. The van der Waals surface area contributed by atoms with Crippen LogP contribution in [0.1, 0.15) is 112 Å². The van der Waals surface area contributed by atoms with Crippen LogP contribution < -0.4 is 0 Å². The summed E-state index contributed by atoms with van der Waals surface area (Å²) in [6.07, 6.45) is 2.81. The highest BCUT2D eigenvalue weighted by molar-refractivity contribution is 6.38. The summed E-state index contributed by atoms with van der Waals surface area (Å²) in [5, 5.41) is 44.3. The third kappa shape index (κ3) is 4.55. The number of fused-ring (bicyclic) bond motifs is 3. The van der Waals surface area contributed by atoms with E-state index in [0.29, 0.717) is 16.6 Å². The van der Waals surface area contributed by atoms with Crippen LogP contribution in [0.5, 0.6) is 23.0 Å². The predicted octanol–water partition coefficient (Wildman–Crippen LogP) is 7.15. The summed E-state index contributed by atoms with van der Waals surface area (Å²) in [7, 11) is 0. The minimum atomic E-state index is -0.827. The number of aromatic hydroxyl groups is 4. The highest BCUT2D eigenvalue weighted by atomic mass is 16.3. The molecule has 0 atom stereocenters. The first kappa shape index (κ1) is 32.1. The summed E-state index contributed by atoms with van der Waals surface area (Å²) < 4.78 is 0. The fourth-order valence-electron chi connectivity index (χ4n) is 6.72. The van der Waals surface area contributed by atoms with Crippen LogP contribution in [-0.4, -0.2) is 54.8 Å². The summed E-state index contributed by atoms with van der Waals surface area (Å²) >= 11 is 0. The highest BCUT2D eigenvalue weighted by Crippen LogP contribution is 2.48. The van der Waals surface area contributed by atoms with Gasteiger partial charge in [-0.1, -0.05) is 33.8 Å². The van der Waals surface area contributed by atoms with E-state index < -0.39 is 58.0 Å². The van der Waals surface area contributed by atoms with Crippen molar-refractivity contribution in [2.75, 3.05) is 0 Å². The number of phenols is 4. The molecule has 1 aromatic heterocycles. The molecule has 48 heavy (non-hydrogen) atoms. The van der Waals surface area contributed by atoms with Gasteiger partial charge in [-0.05, 0) is 56.0 Å². The zero-order valence-corrected chi connectivity index (χ0v) is 27.1. The van der Waals surface area contributed by atoms with Crippen LogP contribution in [0.15, 0.2) is 69.9 Å². The molecule has 0 amide bonds. The van der Waals surface area contributed by atoms with Gasteiger partial charge in [-0.25, -0.2) is 0 Å². The van der Waals surface area contributed by atoms with Crippen molar-refractivity contribution < 1.29 is 39.6 Å². The van der Waals surface area contributed by atoms with E-state index in [0.717, 1.165) is 6.07 Å². The molecule has 4 N–H and O–H groups in total. The molecule has 2 aliphatic rings. The molecule has 4 aromatic rings. The van der Waals surface area contributed by atoms with Crippen LogP contribution in [0, 0.1) is 0 Å². The standard InChI is InChI=1S/C38H32N2O8/c1-15(2)25-29-20(13-24(41)36(25)46)34(44)27(17(5)32(29)42)28-18(6)33(43)31-26(16(3)4)38(48)35(45)21(30(31)37(28)47)14-40-23-11-7-10-22-19(23)9-8-12-39-22/h7-16,41,45-46,48H,1-6H3/b40-14+. The van der Waals surface area contributed by atoms with E-state index in [4.69, 9.17) is 0 Å². The largest absolute Gasteiger partial charge is 0.504 e. The molecule has 0 aliphatic heterocycles. The molecule has 0 saturated carbocycles. The molecule has 10 nitrogen and oxygen atoms in total. The smallest absolute Gasteiger partial charge is 0.195 e. The molecule has 0 saturated heterocycles. The van der Waals surface area contributed by atoms with Gasteiger partial charge in [0.2, 0.25) is 0 Å². The molecule has 0 radical (unpaired) electrons. The summed E-state index contributed by atoms with van der Waals surface area (Å²) in [5.74, 6) is -6.28. The first-order chi connectivity index (χ1) is 22.7. The number of aliphatic imine (C=N–C) groups is 1. The molecule has 0 spiro atoms. The monoisotopic (exact) mass is 644 g/mol. The van der Waals surface area contributed by atoms with Crippen molar-refractivity contribution in [3.8, 4) is 23.0 Å². The van der Waals surface area contributed by atoms with Gasteiger partial charge in [-0.15, -0.1) is 0 Å². The Labute approximate surface area is 275 Å². The molecule has 1 heterocycles. The predicted molar refractivity (Wildman–Crippen MR) is 179 cm³/mol. The average molecular weight is 645 g/mol. The van der Waals surface area contributed by atoms with Gasteiger partial charge in [-0.3, -0.25) is 29.2 Å². The number of phenolic OH excluding ortho intramolecular Hbond substituents is 4. The summed E-state index contributed by atoms with van der Waals surface area (Å²) in [6, 6.07) is 9.74. The average Bonchev–Trinajstić information content (AvgIpc) is 3.05. The second kappa shape index (κ2) is 11.4. The van der Waals surface area contributed by atoms with E-state index >= 15 is 0 Å². The van der Waals surface area contributed by atoms with E-state index in [1.54, 1.807) is 64.2 Å². The van der Waals surface area contributed by atoms with Crippen molar-refractivity contribution in [2.45, 2.75) is 53.4 Å². The van der Waals surface area contributed by atoms with Crippen molar-refractivity contribution in [3.63, 3.8) is 0 Å². The number of aromatic nitrogens is 1. The van der Waals surface area contributed by atoms with E-state index in [2.05, 4.69) is 9.98 Å². The zero-order valence-electron chi connectivity index (χ0n) is 27.1. The maximum Gasteiger partial charge on any atom is 0.195 e. The van der Waals surface area contributed by atoms with Gasteiger partial charge in [0.05, 0.1) is 16.8 Å². The number of carbonyl (C=O) groups is 4. The van der Waals surface area contributed by atoms with Crippen LogP contribution in [0.25, 0.3) is 10.9 Å². The number of carbonyl (C=O) groups excluding carboxylic acids is 4. The minimum absolute atomic E-state index is 0.0508. The normalized spacial score (nSPS) is 15.1. The lowest BCUT2D eigenvalue weighted by molar-refractivity contribution is 0.0951. The fourth-order valence-corrected chi connectivity index (χ4v) is 6.72. The van der Waals surface area contributed by atoms with Crippen molar-refractivity contribution in [1.82, 2.24) is 4.98 Å². The Morgan fingerprint density at radius 2 is 1.29 bits per heavy atom. The molecule has 10 heteroatoms. The molecule has 2 aliphatic carbocycles. The Morgan fingerprint density at radius 1 is 0.688 bits per heavy atom. The van der Waals surface area contributed by atoms with E-state index in [9.17, 15) is 39.6 Å². The Kier molecular flexibility index (Phi) is 7.62. The topological polar surface area (TPSA) is 174 Å². The Balaban J connectivity index is 1.61.